The fraction of sp³-hybridized carbons (Fsp3) is 0.667. The summed E-state index contributed by atoms with van der Waals surface area (Å²) in [6, 6.07) is 1.32. The SMILES string of the molecule is [SiH3]CCCOC=C1CO1. The van der Waals surface area contributed by atoms with Gasteiger partial charge in [-0.05, 0) is 6.42 Å². The van der Waals surface area contributed by atoms with E-state index in [1.54, 1.807) is 6.26 Å². The van der Waals surface area contributed by atoms with Gasteiger partial charge in [0.1, 0.15) is 12.9 Å². The summed E-state index contributed by atoms with van der Waals surface area (Å²) >= 11 is 0. The molecule has 9 heavy (non-hydrogen) atoms. The minimum absolute atomic E-state index is 0.779. The fourth-order valence-electron chi connectivity index (χ4n) is 0.489. The molecule has 0 aromatic heterocycles. The van der Waals surface area contributed by atoms with Gasteiger partial charge >= 0.3 is 0 Å². The highest BCUT2D eigenvalue weighted by molar-refractivity contribution is 6.08. The molecule has 0 unspecified atom stereocenters. The quantitative estimate of drug-likeness (QED) is 0.241. The lowest BCUT2D eigenvalue weighted by Crippen LogP contribution is -1.85. The molecule has 2 nitrogen and oxygen atoms in total. The van der Waals surface area contributed by atoms with Crippen molar-refractivity contribution in [3.05, 3.63) is 12.0 Å². The molecule has 1 saturated heterocycles. The zero-order valence-electron chi connectivity index (χ0n) is 5.72. The number of epoxide rings is 1. The van der Waals surface area contributed by atoms with Crippen molar-refractivity contribution in [1.29, 1.82) is 0 Å². The van der Waals surface area contributed by atoms with Crippen LogP contribution >= 0.6 is 0 Å². The molecule has 0 aromatic carbocycles. The third kappa shape index (κ3) is 3.19. The zero-order chi connectivity index (χ0) is 6.53. The minimum atomic E-state index is 0.779. The van der Waals surface area contributed by atoms with Crippen molar-refractivity contribution in [3.8, 4) is 0 Å². The molecule has 0 amide bonds. The van der Waals surface area contributed by atoms with Gasteiger partial charge < -0.3 is 9.47 Å². The highest BCUT2D eigenvalue weighted by Gasteiger charge is 2.11. The third-order valence-corrected chi connectivity index (χ3v) is 1.85. The van der Waals surface area contributed by atoms with E-state index >= 15 is 0 Å². The lowest BCUT2D eigenvalue weighted by atomic mass is 10.5. The second-order valence-corrected chi connectivity index (χ2v) is 3.10. The van der Waals surface area contributed by atoms with Gasteiger partial charge in [-0.3, -0.25) is 0 Å². The summed E-state index contributed by atoms with van der Waals surface area (Å²) in [5.41, 5.74) is 0. The Labute approximate surface area is 58.3 Å². The van der Waals surface area contributed by atoms with E-state index < -0.39 is 0 Å². The van der Waals surface area contributed by atoms with Crippen LogP contribution in [0.5, 0.6) is 0 Å². The number of rotatable bonds is 4. The third-order valence-electron chi connectivity index (χ3n) is 1.14. The van der Waals surface area contributed by atoms with Gasteiger partial charge in [0.05, 0.1) is 6.61 Å². The molecule has 1 aliphatic heterocycles. The molecule has 0 spiro atoms. The van der Waals surface area contributed by atoms with Crippen LogP contribution in [0.2, 0.25) is 6.04 Å². The van der Waals surface area contributed by atoms with Crippen LogP contribution in [0.1, 0.15) is 6.42 Å². The van der Waals surface area contributed by atoms with Crippen LogP contribution in [0, 0.1) is 0 Å². The largest absolute Gasteiger partial charge is 0.498 e. The van der Waals surface area contributed by atoms with Crippen LogP contribution in [0.25, 0.3) is 0 Å². The number of ether oxygens (including phenoxy) is 2. The van der Waals surface area contributed by atoms with E-state index in [0.717, 1.165) is 19.0 Å². The maximum atomic E-state index is 5.13. The van der Waals surface area contributed by atoms with Gasteiger partial charge in [0, 0.05) is 10.2 Å². The second kappa shape index (κ2) is 3.56. The van der Waals surface area contributed by atoms with Crippen LogP contribution in [0.3, 0.4) is 0 Å². The monoisotopic (exact) mass is 144 g/mol. The molecule has 0 bridgehead atoms. The topological polar surface area (TPSA) is 21.8 Å². The Kier molecular flexibility index (Phi) is 2.64. The van der Waals surface area contributed by atoms with Gasteiger partial charge in [-0.15, -0.1) is 0 Å². The highest BCUT2D eigenvalue weighted by atomic mass is 28.1. The van der Waals surface area contributed by atoms with Crippen molar-refractivity contribution >= 4 is 10.2 Å². The van der Waals surface area contributed by atoms with Crippen molar-refractivity contribution in [2.24, 2.45) is 0 Å². The maximum Gasteiger partial charge on any atom is 0.168 e. The summed E-state index contributed by atoms with van der Waals surface area (Å²) in [5.74, 6) is 0.989. The van der Waals surface area contributed by atoms with E-state index in [4.69, 9.17) is 9.47 Å². The molecule has 0 radical (unpaired) electrons. The van der Waals surface area contributed by atoms with Crippen molar-refractivity contribution in [1.82, 2.24) is 0 Å². The molecule has 52 valence electrons. The molecule has 1 aliphatic rings. The Balaban J connectivity index is 1.87. The standard InChI is InChI=1S/C6H12O2Si/c9-3-1-2-7-4-6-5-8-6/h4H,1-3,5H2,9H3. The second-order valence-electron chi connectivity index (χ2n) is 2.10. The summed E-state index contributed by atoms with van der Waals surface area (Å²) in [6.07, 6.45) is 2.91. The minimum Gasteiger partial charge on any atom is -0.498 e. The van der Waals surface area contributed by atoms with Gasteiger partial charge in [-0.25, -0.2) is 0 Å². The van der Waals surface area contributed by atoms with Crippen molar-refractivity contribution in [2.75, 3.05) is 13.2 Å². The van der Waals surface area contributed by atoms with E-state index in [1.165, 1.54) is 22.7 Å². The Morgan fingerprint density at radius 2 is 2.56 bits per heavy atom. The van der Waals surface area contributed by atoms with E-state index in [1.807, 2.05) is 0 Å². The average Bonchev–Trinajstić information content (AvgIpc) is 2.63. The lowest BCUT2D eigenvalue weighted by molar-refractivity contribution is 0.244. The Bertz CT molecular complexity index is 106. The molecule has 1 heterocycles. The van der Waals surface area contributed by atoms with Gasteiger partial charge in [-0.2, -0.15) is 0 Å². The van der Waals surface area contributed by atoms with Crippen molar-refractivity contribution in [2.45, 2.75) is 12.5 Å². The maximum absolute atomic E-state index is 5.13. The molecule has 0 atom stereocenters. The van der Waals surface area contributed by atoms with E-state index in [2.05, 4.69) is 0 Å². The summed E-state index contributed by atoms with van der Waals surface area (Å²) in [6.45, 7) is 1.64. The van der Waals surface area contributed by atoms with Gasteiger partial charge in [-0.1, -0.05) is 6.04 Å². The molecular formula is C6H12O2Si. The van der Waals surface area contributed by atoms with Gasteiger partial charge in [0.2, 0.25) is 0 Å². The van der Waals surface area contributed by atoms with E-state index in [9.17, 15) is 0 Å². The Hall–Kier alpha value is -0.443. The first-order chi connectivity index (χ1) is 4.43. The Morgan fingerprint density at radius 3 is 3.11 bits per heavy atom. The smallest absolute Gasteiger partial charge is 0.168 e. The van der Waals surface area contributed by atoms with Crippen LogP contribution in [0.4, 0.5) is 0 Å². The Morgan fingerprint density at radius 1 is 1.78 bits per heavy atom. The molecule has 0 aromatic rings. The lowest BCUT2D eigenvalue weighted by Gasteiger charge is -1.94. The van der Waals surface area contributed by atoms with Crippen LogP contribution in [-0.4, -0.2) is 23.5 Å². The molecule has 3 heteroatoms. The summed E-state index contributed by atoms with van der Waals surface area (Å²) < 4.78 is 9.97. The number of hydrogen-bond donors (Lipinski definition) is 0. The van der Waals surface area contributed by atoms with Crippen molar-refractivity contribution in [3.63, 3.8) is 0 Å². The zero-order valence-corrected chi connectivity index (χ0v) is 7.72. The van der Waals surface area contributed by atoms with Gasteiger partial charge in [0.15, 0.2) is 5.76 Å². The fourth-order valence-corrected chi connectivity index (χ4v) is 0.778. The summed E-state index contributed by atoms with van der Waals surface area (Å²) in [4.78, 5) is 0. The van der Waals surface area contributed by atoms with Crippen LogP contribution in [0.15, 0.2) is 12.0 Å². The first kappa shape index (κ1) is 6.67. The first-order valence-corrected chi connectivity index (χ1v) is 4.78. The molecule has 1 rings (SSSR count). The molecule has 1 fully saturated rings. The highest BCUT2D eigenvalue weighted by Crippen LogP contribution is 2.13. The first-order valence-electron chi connectivity index (χ1n) is 3.37. The van der Waals surface area contributed by atoms with E-state index in [-0.39, 0.29) is 0 Å². The predicted octanol–water partition coefficient (Wildman–Crippen LogP) is 0.0484. The predicted molar refractivity (Wildman–Crippen MR) is 39.4 cm³/mol. The van der Waals surface area contributed by atoms with Gasteiger partial charge in [0.25, 0.3) is 0 Å². The molecule has 0 N–H and O–H groups in total. The van der Waals surface area contributed by atoms with Crippen molar-refractivity contribution < 1.29 is 9.47 Å². The van der Waals surface area contributed by atoms with Crippen LogP contribution in [-0.2, 0) is 9.47 Å². The normalized spacial score (nSPS) is 19.8. The number of hydrogen-bond acceptors (Lipinski definition) is 2. The molecule has 0 saturated carbocycles. The molecule has 0 aliphatic carbocycles. The summed E-state index contributed by atoms with van der Waals surface area (Å²) in [5, 5.41) is 0. The average molecular weight is 144 g/mol. The van der Waals surface area contributed by atoms with E-state index in [0.29, 0.717) is 0 Å². The summed E-state index contributed by atoms with van der Waals surface area (Å²) in [7, 11) is 1.29. The molecular weight excluding hydrogens is 132 g/mol. The van der Waals surface area contributed by atoms with Crippen LogP contribution < -0.4 is 0 Å².